The third-order valence-corrected chi connectivity index (χ3v) is 4.49. The molecule has 1 aromatic carbocycles. The minimum atomic E-state index is -0.122. The van der Waals surface area contributed by atoms with Gasteiger partial charge in [-0.2, -0.15) is 0 Å². The molecule has 2 rings (SSSR count). The van der Waals surface area contributed by atoms with Crippen LogP contribution in [-0.4, -0.2) is 19.6 Å². The van der Waals surface area contributed by atoms with E-state index in [1.54, 1.807) is 11.4 Å². The van der Waals surface area contributed by atoms with Gasteiger partial charge in [-0.1, -0.05) is 26.6 Å². The van der Waals surface area contributed by atoms with E-state index < -0.39 is 0 Å². The Morgan fingerprint density at radius 1 is 1.53 bits per heavy atom. The summed E-state index contributed by atoms with van der Waals surface area (Å²) in [7, 11) is 4.11. The van der Waals surface area contributed by atoms with Crippen LogP contribution in [0.3, 0.4) is 0 Å². The van der Waals surface area contributed by atoms with Gasteiger partial charge in [0.25, 0.3) is 0 Å². The Bertz CT molecular complexity index is 413. The van der Waals surface area contributed by atoms with Crippen molar-refractivity contribution in [3.8, 4) is 0 Å². The Hall–Kier alpha value is -0.570. The van der Waals surface area contributed by atoms with Gasteiger partial charge in [0.2, 0.25) is 0 Å². The molecule has 0 aliphatic carbocycles. The summed E-state index contributed by atoms with van der Waals surface area (Å²) < 4.78 is 4.87. The largest absolute Gasteiger partial charge is 0.469 e. The molecular formula is C12H16NO2PS. The van der Waals surface area contributed by atoms with Gasteiger partial charge in [-0.25, -0.2) is 0 Å². The lowest BCUT2D eigenvalue weighted by molar-refractivity contribution is -0.145. The van der Waals surface area contributed by atoms with Crippen LogP contribution in [-0.2, 0) is 9.53 Å². The van der Waals surface area contributed by atoms with Gasteiger partial charge in [0.1, 0.15) is 0 Å². The standard InChI is InChI=1S/C12H16NO2PS/c1-15-12(14)9-6-7-13-11(9)8-4-2-3-5-10(8)17-16/h2-5,9,11,13H,6-7,16H2,1H3/t9-,11?/m1/s1. The maximum atomic E-state index is 11.7. The third kappa shape index (κ3) is 2.65. The maximum absolute atomic E-state index is 11.7. The van der Waals surface area contributed by atoms with Crippen LogP contribution in [0.2, 0.25) is 0 Å². The van der Waals surface area contributed by atoms with Gasteiger partial charge in [0.05, 0.1) is 13.0 Å². The predicted molar refractivity (Wildman–Crippen MR) is 72.9 cm³/mol. The van der Waals surface area contributed by atoms with Gasteiger partial charge < -0.3 is 10.1 Å². The summed E-state index contributed by atoms with van der Waals surface area (Å²) in [6.45, 7) is 0.861. The fraction of sp³-hybridized carbons (Fsp3) is 0.417. The normalized spacial score (nSPS) is 23.6. The molecule has 0 spiro atoms. The number of hydrogen-bond donors (Lipinski definition) is 1. The smallest absolute Gasteiger partial charge is 0.310 e. The van der Waals surface area contributed by atoms with Crippen molar-refractivity contribution in [2.75, 3.05) is 13.7 Å². The first-order chi connectivity index (χ1) is 8.27. The number of carbonyl (C=O) groups is 1. The van der Waals surface area contributed by atoms with Gasteiger partial charge >= 0.3 is 5.97 Å². The van der Waals surface area contributed by atoms with Crippen LogP contribution in [0.4, 0.5) is 0 Å². The summed E-state index contributed by atoms with van der Waals surface area (Å²) in [5.41, 5.74) is 1.18. The fourth-order valence-corrected chi connectivity index (χ4v) is 3.41. The van der Waals surface area contributed by atoms with Crippen molar-refractivity contribution < 1.29 is 9.53 Å². The molecule has 5 heteroatoms. The first-order valence-electron chi connectivity index (χ1n) is 5.54. The van der Waals surface area contributed by atoms with Crippen LogP contribution in [0.15, 0.2) is 29.2 Å². The zero-order valence-electron chi connectivity index (χ0n) is 9.68. The van der Waals surface area contributed by atoms with E-state index in [0.717, 1.165) is 13.0 Å². The molecule has 0 saturated carbocycles. The molecule has 0 amide bonds. The highest BCUT2D eigenvalue weighted by Crippen LogP contribution is 2.37. The number of esters is 1. The number of benzene rings is 1. The van der Waals surface area contributed by atoms with Crippen molar-refractivity contribution in [1.29, 1.82) is 0 Å². The highest BCUT2D eigenvalue weighted by molar-refractivity contribution is 8.43. The summed E-state index contributed by atoms with van der Waals surface area (Å²) in [4.78, 5) is 12.9. The van der Waals surface area contributed by atoms with E-state index in [9.17, 15) is 4.79 Å². The topological polar surface area (TPSA) is 38.3 Å². The highest BCUT2D eigenvalue weighted by atomic mass is 32.7. The molecular weight excluding hydrogens is 253 g/mol. The fourth-order valence-electron chi connectivity index (χ4n) is 2.28. The van der Waals surface area contributed by atoms with Crippen LogP contribution in [0.25, 0.3) is 0 Å². The van der Waals surface area contributed by atoms with Gasteiger partial charge in [-0.05, 0) is 24.6 Å². The summed E-state index contributed by atoms with van der Waals surface area (Å²) in [5.74, 6) is -0.193. The van der Waals surface area contributed by atoms with Gasteiger partial charge in [-0.15, -0.1) is 11.4 Å². The summed E-state index contributed by atoms with van der Waals surface area (Å²) in [5, 5.41) is 3.39. The van der Waals surface area contributed by atoms with E-state index >= 15 is 0 Å². The van der Waals surface area contributed by atoms with Crippen LogP contribution >= 0.6 is 19.8 Å². The summed E-state index contributed by atoms with van der Waals surface area (Å²) >= 11 is 1.63. The van der Waals surface area contributed by atoms with E-state index in [1.807, 2.05) is 12.1 Å². The van der Waals surface area contributed by atoms with Gasteiger partial charge in [-0.3, -0.25) is 4.79 Å². The molecule has 0 aromatic heterocycles. The Balaban J connectivity index is 2.29. The van der Waals surface area contributed by atoms with Crippen LogP contribution in [0, 0.1) is 5.92 Å². The monoisotopic (exact) mass is 269 g/mol. The molecule has 1 fully saturated rings. The second kappa shape index (κ2) is 5.85. The Morgan fingerprint density at radius 2 is 2.29 bits per heavy atom. The van der Waals surface area contributed by atoms with E-state index in [2.05, 4.69) is 25.9 Å². The molecule has 1 aromatic rings. The zero-order valence-corrected chi connectivity index (χ0v) is 11.7. The molecule has 1 saturated heterocycles. The van der Waals surface area contributed by atoms with E-state index in [4.69, 9.17) is 4.74 Å². The summed E-state index contributed by atoms with van der Waals surface area (Å²) in [6, 6.07) is 8.24. The second-order valence-corrected chi connectivity index (χ2v) is 5.39. The second-order valence-electron chi connectivity index (χ2n) is 4.01. The van der Waals surface area contributed by atoms with Crippen molar-refractivity contribution in [1.82, 2.24) is 5.32 Å². The first-order valence-corrected chi connectivity index (χ1v) is 7.84. The minimum Gasteiger partial charge on any atom is -0.469 e. The number of rotatable bonds is 3. The lowest BCUT2D eigenvalue weighted by Gasteiger charge is -2.20. The quantitative estimate of drug-likeness (QED) is 0.675. The number of nitrogens with one attached hydrogen (secondary N) is 1. The lowest BCUT2D eigenvalue weighted by atomic mass is 9.94. The molecule has 3 nitrogen and oxygen atoms in total. The maximum Gasteiger partial charge on any atom is 0.310 e. The lowest BCUT2D eigenvalue weighted by Crippen LogP contribution is -2.24. The van der Waals surface area contributed by atoms with Crippen LogP contribution < -0.4 is 5.32 Å². The molecule has 3 atom stereocenters. The molecule has 0 bridgehead atoms. The summed E-state index contributed by atoms with van der Waals surface area (Å²) in [6.07, 6.45) is 0.840. The Morgan fingerprint density at radius 3 is 3.00 bits per heavy atom. The SMILES string of the molecule is COC(=O)[C@@H]1CCNC1c1ccccc1SP. The minimum absolute atomic E-state index is 0.0710. The van der Waals surface area contributed by atoms with Gasteiger partial charge in [0, 0.05) is 10.9 Å². The predicted octanol–water partition coefficient (Wildman–Crippen LogP) is 2.39. The van der Waals surface area contributed by atoms with Crippen molar-refractivity contribution in [3.63, 3.8) is 0 Å². The number of ether oxygens (including phenoxy) is 1. The molecule has 2 unspecified atom stereocenters. The molecule has 17 heavy (non-hydrogen) atoms. The van der Waals surface area contributed by atoms with Crippen molar-refractivity contribution >= 4 is 25.8 Å². The van der Waals surface area contributed by atoms with E-state index in [-0.39, 0.29) is 17.9 Å². The third-order valence-electron chi connectivity index (χ3n) is 3.11. The number of methoxy groups -OCH3 is 1. The highest BCUT2D eigenvalue weighted by Gasteiger charge is 2.35. The van der Waals surface area contributed by atoms with Gasteiger partial charge in [0.15, 0.2) is 0 Å². The molecule has 1 aliphatic rings. The molecule has 0 radical (unpaired) electrons. The molecule has 1 heterocycles. The molecule has 92 valence electrons. The Kier molecular flexibility index (Phi) is 4.43. The zero-order chi connectivity index (χ0) is 12.3. The van der Waals surface area contributed by atoms with Crippen LogP contribution in [0.5, 0.6) is 0 Å². The Labute approximate surface area is 108 Å². The van der Waals surface area contributed by atoms with Crippen molar-refractivity contribution in [2.45, 2.75) is 17.4 Å². The average Bonchev–Trinajstić information content (AvgIpc) is 2.86. The van der Waals surface area contributed by atoms with Crippen molar-refractivity contribution in [3.05, 3.63) is 29.8 Å². The number of carbonyl (C=O) groups excluding carboxylic acids is 1. The van der Waals surface area contributed by atoms with Crippen LogP contribution in [0.1, 0.15) is 18.0 Å². The van der Waals surface area contributed by atoms with Crippen molar-refractivity contribution in [2.24, 2.45) is 5.92 Å². The molecule has 1 aliphatic heterocycles. The number of hydrogen-bond acceptors (Lipinski definition) is 4. The van der Waals surface area contributed by atoms with E-state index in [1.165, 1.54) is 17.6 Å². The molecule has 1 N–H and O–H groups in total. The average molecular weight is 269 g/mol. The first kappa shape index (κ1) is 12.9. The van der Waals surface area contributed by atoms with E-state index in [0.29, 0.717) is 0 Å².